The lowest BCUT2D eigenvalue weighted by atomic mass is 10.0. The monoisotopic (exact) mass is 193 g/mol. The van der Waals surface area contributed by atoms with Gasteiger partial charge in [0, 0.05) is 17.8 Å². The molecular formula is C11H19N3. The van der Waals surface area contributed by atoms with Crippen molar-refractivity contribution in [2.45, 2.75) is 39.5 Å². The molecule has 78 valence electrons. The quantitative estimate of drug-likeness (QED) is 0.757. The fourth-order valence-electron chi connectivity index (χ4n) is 2.03. The minimum atomic E-state index is 0.697. The fourth-order valence-corrected chi connectivity index (χ4v) is 2.03. The summed E-state index contributed by atoms with van der Waals surface area (Å²) in [6.07, 6.45) is 4.84. The highest BCUT2D eigenvalue weighted by atomic mass is 15.2. The lowest BCUT2D eigenvalue weighted by Crippen LogP contribution is -1.99. The number of H-pyrrole nitrogens is 1. The van der Waals surface area contributed by atoms with Gasteiger partial charge in [0.2, 0.25) is 0 Å². The first-order valence-electron chi connectivity index (χ1n) is 5.57. The second-order valence-corrected chi connectivity index (χ2v) is 4.51. The molecule has 0 spiro atoms. The van der Waals surface area contributed by atoms with E-state index in [1.165, 1.54) is 30.5 Å². The number of hydrogen-bond acceptors (Lipinski definition) is 2. The Labute approximate surface area is 85.3 Å². The van der Waals surface area contributed by atoms with Crippen LogP contribution in [0, 0.1) is 5.92 Å². The number of aromatic nitrogens is 2. The van der Waals surface area contributed by atoms with Crippen LogP contribution >= 0.6 is 0 Å². The third-order valence-corrected chi connectivity index (χ3v) is 2.71. The van der Waals surface area contributed by atoms with Gasteiger partial charge in [-0.15, -0.1) is 0 Å². The molecule has 0 amide bonds. The first kappa shape index (κ1) is 9.56. The first-order valence-corrected chi connectivity index (χ1v) is 5.57. The molecule has 0 aliphatic carbocycles. The molecule has 1 aliphatic rings. The average molecular weight is 193 g/mol. The summed E-state index contributed by atoms with van der Waals surface area (Å²) in [5.74, 6) is 1.79. The summed E-state index contributed by atoms with van der Waals surface area (Å²) in [6.45, 7) is 5.56. The maximum absolute atomic E-state index is 4.33. The van der Waals surface area contributed by atoms with Gasteiger partial charge in [-0.05, 0) is 31.6 Å². The van der Waals surface area contributed by atoms with Gasteiger partial charge in [0.25, 0.3) is 0 Å². The fraction of sp³-hybridized carbons (Fsp3) is 0.727. The zero-order valence-corrected chi connectivity index (χ0v) is 9.06. The van der Waals surface area contributed by atoms with Crippen molar-refractivity contribution in [3.05, 3.63) is 11.3 Å². The summed E-state index contributed by atoms with van der Waals surface area (Å²) >= 11 is 0. The SMILES string of the molecule is CC(C)Cc1[nH]nc2c1CCCCN2. The van der Waals surface area contributed by atoms with E-state index in [1.54, 1.807) is 0 Å². The third kappa shape index (κ3) is 1.91. The van der Waals surface area contributed by atoms with E-state index in [0.29, 0.717) is 5.92 Å². The van der Waals surface area contributed by atoms with Gasteiger partial charge in [-0.25, -0.2) is 0 Å². The van der Waals surface area contributed by atoms with Crippen LogP contribution in [0.3, 0.4) is 0 Å². The van der Waals surface area contributed by atoms with Gasteiger partial charge >= 0.3 is 0 Å². The van der Waals surface area contributed by atoms with E-state index < -0.39 is 0 Å². The Morgan fingerprint density at radius 2 is 2.21 bits per heavy atom. The predicted molar refractivity (Wildman–Crippen MR) is 58.6 cm³/mol. The van der Waals surface area contributed by atoms with Crippen molar-refractivity contribution in [3.63, 3.8) is 0 Å². The lowest BCUT2D eigenvalue weighted by Gasteiger charge is -2.04. The van der Waals surface area contributed by atoms with Gasteiger partial charge in [-0.2, -0.15) is 5.10 Å². The van der Waals surface area contributed by atoms with Gasteiger partial charge < -0.3 is 5.32 Å². The number of rotatable bonds is 2. The van der Waals surface area contributed by atoms with Crippen LogP contribution in [0.2, 0.25) is 0 Å². The van der Waals surface area contributed by atoms with Crippen LogP contribution in [0.1, 0.15) is 37.9 Å². The van der Waals surface area contributed by atoms with Crippen LogP contribution < -0.4 is 5.32 Å². The van der Waals surface area contributed by atoms with Gasteiger partial charge in [0.05, 0.1) is 0 Å². The van der Waals surface area contributed by atoms with Crippen LogP contribution in [0.15, 0.2) is 0 Å². The van der Waals surface area contributed by atoms with Crippen LogP contribution in [0.5, 0.6) is 0 Å². The molecule has 0 saturated carbocycles. The average Bonchev–Trinajstić information content (AvgIpc) is 2.37. The molecule has 1 aromatic rings. The number of nitrogens with one attached hydrogen (secondary N) is 2. The van der Waals surface area contributed by atoms with E-state index in [0.717, 1.165) is 18.8 Å². The van der Waals surface area contributed by atoms with Crippen LogP contribution in [0.25, 0.3) is 0 Å². The van der Waals surface area contributed by atoms with Crippen molar-refractivity contribution in [2.75, 3.05) is 11.9 Å². The molecule has 0 atom stereocenters. The molecule has 0 saturated heterocycles. The van der Waals surface area contributed by atoms with E-state index >= 15 is 0 Å². The minimum absolute atomic E-state index is 0.697. The highest BCUT2D eigenvalue weighted by Gasteiger charge is 2.15. The molecule has 0 unspecified atom stereocenters. The molecule has 0 aromatic carbocycles. The molecule has 3 heteroatoms. The van der Waals surface area contributed by atoms with E-state index in [-0.39, 0.29) is 0 Å². The minimum Gasteiger partial charge on any atom is -0.368 e. The van der Waals surface area contributed by atoms with Crippen molar-refractivity contribution >= 4 is 5.82 Å². The maximum atomic E-state index is 4.33. The molecule has 2 heterocycles. The maximum Gasteiger partial charge on any atom is 0.151 e. The Morgan fingerprint density at radius 1 is 1.36 bits per heavy atom. The second kappa shape index (κ2) is 4.03. The van der Waals surface area contributed by atoms with E-state index in [9.17, 15) is 0 Å². The molecule has 1 aliphatic heterocycles. The van der Waals surface area contributed by atoms with Crippen LogP contribution in [0.4, 0.5) is 5.82 Å². The number of fused-ring (bicyclic) bond motifs is 1. The summed E-state index contributed by atoms with van der Waals surface area (Å²) in [4.78, 5) is 0. The van der Waals surface area contributed by atoms with Gasteiger partial charge in [-0.1, -0.05) is 13.8 Å². The zero-order chi connectivity index (χ0) is 9.97. The molecule has 0 radical (unpaired) electrons. The predicted octanol–water partition coefficient (Wildman–Crippen LogP) is 2.36. The number of aromatic amines is 1. The summed E-state index contributed by atoms with van der Waals surface area (Å²) in [5.41, 5.74) is 2.76. The van der Waals surface area contributed by atoms with Gasteiger partial charge in [-0.3, -0.25) is 5.10 Å². The zero-order valence-electron chi connectivity index (χ0n) is 9.06. The highest BCUT2D eigenvalue weighted by molar-refractivity contribution is 5.47. The topological polar surface area (TPSA) is 40.7 Å². The standard InChI is InChI=1S/C11H19N3/c1-8(2)7-10-9-5-3-4-6-12-11(9)14-13-10/h8H,3-7H2,1-2H3,(H2,12,13,14). The van der Waals surface area contributed by atoms with Crippen molar-refractivity contribution in [1.82, 2.24) is 10.2 Å². The molecule has 0 bridgehead atoms. The van der Waals surface area contributed by atoms with E-state index in [2.05, 4.69) is 29.4 Å². The molecule has 3 nitrogen and oxygen atoms in total. The number of hydrogen-bond donors (Lipinski definition) is 2. The van der Waals surface area contributed by atoms with E-state index in [1.807, 2.05) is 0 Å². The third-order valence-electron chi connectivity index (χ3n) is 2.71. The van der Waals surface area contributed by atoms with Gasteiger partial charge in [0.1, 0.15) is 0 Å². The summed E-state index contributed by atoms with van der Waals surface area (Å²) in [6, 6.07) is 0. The number of nitrogens with zero attached hydrogens (tertiary/aromatic N) is 1. The first-order chi connectivity index (χ1) is 6.77. The van der Waals surface area contributed by atoms with Crippen molar-refractivity contribution in [1.29, 1.82) is 0 Å². The molecule has 2 rings (SSSR count). The highest BCUT2D eigenvalue weighted by Crippen LogP contribution is 2.23. The molecule has 2 N–H and O–H groups in total. The smallest absolute Gasteiger partial charge is 0.151 e. The Kier molecular flexibility index (Phi) is 2.75. The van der Waals surface area contributed by atoms with Crippen molar-refractivity contribution in [2.24, 2.45) is 5.92 Å². The second-order valence-electron chi connectivity index (χ2n) is 4.51. The molecule has 0 fully saturated rings. The van der Waals surface area contributed by atoms with E-state index in [4.69, 9.17) is 0 Å². The lowest BCUT2D eigenvalue weighted by molar-refractivity contribution is 0.627. The normalized spacial score (nSPS) is 16.2. The Morgan fingerprint density at radius 3 is 3.00 bits per heavy atom. The van der Waals surface area contributed by atoms with Crippen LogP contribution in [-0.2, 0) is 12.8 Å². The van der Waals surface area contributed by atoms with Gasteiger partial charge in [0.15, 0.2) is 5.82 Å². The van der Waals surface area contributed by atoms with Crippen molar-refractivity contribution < 1.29 is 0 Å². The van der Waals surface area contributed by atoms with Crippen LogP contribution in [-0.4, -0.2) is 16.7 Å². The summed E-state index contributed by atoms with van der Waals surface area (Å²) < 4.78 is 0. The van der Waals surface area contributed by atoms with Crippen molar-refractivity contribution in [3.8, 4) is 0 Å². The molecule has 14 heavy (non-hydrogen) atoms. The summed E-state index contributed by atoms with van der Waals surface area (Å²) in [7, 11) is 0. The Hall–Kier alpha value is -0.990. The summed E-state index contributed by atoms with van der Waals surface area (Å²) in [5, 5.41) is 10.9. The number of anilines is 1. The molecular weight excluding hydrogens is 174 g/mol. The largest absolute Gasteiger partial charge is 0.368 e. The Bertz CT molecular complexity index is 301. The Balaban J connectivity index is 2.20. The molecule has 1 aromatic heterocycles.